The molecule has 2 heterocycles. The maximum Gasteiger partial charge on any atom is 0.305 e. The van der Waals surface area contributed by atoms with Crippen molar-refractivity contribution in [3.8, 4) is 0 Å². The highest BCUT2D eigenvalue weighted by Crippen LogP contribution is 2.26. The second kappa shape index (κ2) is 11.2. The average Bonchev–Trinajstić information content (AvgIpc) is 3.25. The summed E-state index contributed by atoms with van der Waals surface area (Å²) in [5.41, 5.74) is 4.05. The van der Waals surface area contributed by atoms with Gasteiger partial charge < -0.3 is 19.9 Å². The summed E-state index contributed by atoms with van der Waals surface area (Å²) in [4.78, 5) is 44.3. The first-order valence-corrected chi connectivity index (χ1v) is 12.4. The van der Waals surface area contributed by atoms with Crippen molar-refractivity contribution in [3.05, 3.63) is 83.4 Å². The van der Waals surface area contributed by atoms with Crippen LogP contribution in [0.25, 0.3) is 0 Å². The van der Waals surface area contributed by atoms with Gasteiger partial charge in [-0.1, -0.05) is 42.5 Å². The Hall–Kier alpha value is -3.59. The summed E-state index contributed by atoms with van der Waals surface area (Å²) in [5, 5.41) is 11.6. The molecule has 0 radical (unpaired) electrons. The summed E-state index contributed by atoms with van der Waals surface area (Å²) < 4.78 is 2.04. The van der Waals surface area contributed by atoms with Crippen LogP contribution in [0.15, 0.2) is 65.8 Å². The van der Waals surface area contributed by atoms with Gasteiger partial charge in [-0.2, -0.15) is 0 Å². The first-order chi connectivity index (χ1) is 16.9. The highest BCUT2D eigenvalue weighted by molar-refractivity contribution is 8.00. The van der Waals surface area contributed by atoms with Crippen molar-refractivity contribution in [1.29, 1.82) is 0 Å². The minimum Gasteiger partial charge on any atom is -0.481 e. The average molecular weight is 493 g/mol. The van der Waals surface area contributed by atoms with Crippen LogP contribution in [0.3, 0.4) is 0 Å². The zero-order valence-electron chi connectivity index (χ0n) is 19.5. The smallest absolute Gasteiger partial charge is 0.305 e. The SMILES string of the molecule is Cc1ccccc1Cn1cnc2c1CN(C(=O)CSc1ccccc1)C(C(=O)NCCC(=O)O)C2. The van der Waals surface area contributed by atoms with Crippen LogP contribution < -0.4 is 5.32 Å². The zero-order valence-corrected chi connectivity index (χ0v) is 20.3. The van der Waals surface area contributed by atoms with E-state index in [1.807, 2.05) is 47.0 Å². The molecular weight excluding hydrogens is 464 g/mol. The van der Waals surface area contributed by atoms with Crippen LogP contribution in [-0.4, -0.2) is 55.7 Å². The number of carboxylic acids is 1. The fourth-order valence-electron chi connectivity index (χ4n) is 4.13. The van der Waals surface area contributed by atoms with Gasteiger partial charge in [-0.15, -0.1) is 11.8 Å². The Balaban J connectivity index is 1.54. The number of aryl methyl sites for hydroxylation is 1. The molecule has 2 aromatic carbocycles. The number of amides is 2. The van der Waals surface area contributed by atoms with E-state index in [2.05, 4.69) is 29.4 Å². The van der Waals surface area contributed by atoms with Crippen LogP contribution in [0.1, 0.15) is 28.9 Å². The largest absolute Gasteiger partial charge is 0.481 e. The molecule has 9 heteroatoms. The molecule has 2 amide bonds. The molecule has 4 rings (SSSR count). The van der Waals surface area contributed by atoms with E-state index in [0.717, 1.165) is 16.3 Å². The van der Waals surface area contributed by atoms with Crippen LogP contribution in [0, 0.1) is 6.92 Å². The van der Waals surface area contributed by atoms with Gasteiger partial charge in [-0.05, 0) is 30.2 Å². The minimum atomic E-state index is -0.988. The van der Waals surface area contributed by atoms with E-state index in [-0.39, 0.29) is 43.5 Å². The van der Waals surface area contributed by atoms with Gasteiger partial charge in [-0.3, -0.25) is 14.4 Å². The highest BCUT2D eigenvalue weighted by Gasteiger charge is 2.36. The van der Waals surface area contributed by atoms with Gasteiger partial charge in [-0.25, -0.2) is 4.98 Å². The minimum absolute atomic E-state index is 0.0139. The molecule has 0 saturated carbocycles. The number of carbonyl (C=O) groups excluding carboxylic acids is 2. The Bertz CT molecular complexity index is 1210. The number of carbonyl (C=O) groups is 3. The van der Waals surface area contributed by atoms with E-state index in [0.29, 0.717) is 6.54 Å². The lowest BCUT2D eigenvalue weighted by molar-refractivity contribution is -0.140. The predicted molar refractivity (Wildman–Crippen MR) is 133 cm³/mol. The molecule has 1 aliphatic heterocycles. The van der Waals surface area contributed by atoms with E-state index in [1.54, 1.807) is 11.2 Å². The molecule has 0 bridgehead atoms. The third-order valence-electron chi connectivity index (χ3n) is 6.08. The number of rotatable bonds is 9. The van der Waals surface area contributed by atoms with Crippen molar-refractivity contribution in [2.75, 3.05) is 12.3 Å². The molecule has 3 aromatic rings. The summed E-state index contributed by atoms with van der Waals surface area (Å²) >= 11 is 1.43. The third-order valence-corrected chi connectivity index (χ3v) is 7.08. The van der Waals surface area contributed by atoms with Crippen LogP contribution in [-0.2, 0) is 33.9 Å². The van der Waals surface area contributed by atoms with Crippen molar-refractivity contribution in [2.45, 2.75) is 43.8 Å². The van der Waals surface area contributed by atoms with Crippen LogP contribution >= 0.6 is 11.8 Å². The molecule has 1 unspecified atom stereocenters. The van der Waals surface area contributed by atoms with Crippen molar-refractivity contribution in [1.82, 2.24) is 19.8 Å². The quantitative estimate of drug-likeness (QED) is 0.445. The van der Waals surface area contributed by atoms with Crippen molar-refractivity contribution in [3.63, 3.8) is 0 Å². The van der Waals surface area contributed by atoms with Gasteiger partial charge in [0.25, 0.3) is 0 Å². The molecule has 1 aliphatic rings. The van der Waals surface area contributed by atoms with Gasteiger partial charge in [0, 0.05) is 24.4 Å². The maximum atomic E-state index is 13.3. The van der Waals surface area contributed by atoms with Gasteiger partial charge in [0.15, 0.2) is 0 Å². The Kier molecular flexibility index (Phi) is 7.87. The molecule has 0 fully saturated rings. The summed E-state index contributed by atoms with van der Waals surface area (Å²) in [5.74, 6) is -1.29. The summed E-state index contributed by atoms with van der Waals surface area (Å²) in [6.45, 7) is 2.98. The lowest BCUT2D eigenvalue weighted by Gasteiger charge is -2.35. The standard InChI is InChI=1S/C26H28N4O4S/c1-18-7-5-6-8-19(18)14-29-17-28-21-13-22(26(34)27-12-11-25(32)33)30(15-23(21)29)24(31)16-35-20-9-3-2-4-10-20/h2-10,17,22H,11-16H2,1H3,(H,27,34)(H,32,33). The van der Waals surface area contributed by atoms with E-state index >= 15 is 0 Å². The molecule has 0 saturated heterocycles. The van der Waals surface area contributed by atoms with Gasteiger partial charge in [0.05, 0.1) is 36.4 Å². The number of imidazole rings is 1. The first-order valence-electron chi connectivity index (χ1n) is 11.5. The lowest BCUT2D eigenvalue weighted by Crippen LogP contribution is -2.53. The summed E-state index contributed by atoms with van der Waals surface area (Å²) in [7, 11) is 0. The number of aromatic nitrogens is 2. The van der Waals surface area contributed by atoms with Gasteiger partial charge in [0.2, 0.25) is 11.8 Å². The Morgan fingerprint density at radius 3 is 2.60 bits per heavy atom. The zero-order chi connectivity index (χ0) is 24.8. The second-order valence-electron chi connectivity index (χ2n) is 8.47. The number of carboxylic acid groups (broad SMARTS) is 1. The van der Waals surface area contributed by atoms with Crippen molar-refractivity contribution >= 4 is 29.5 Å². The predicted octanol–water partition coefficient (Wildman–Crippen LogP) is 2.88. The van der Waals surface area contributed by atoms with Crippen LogP contribution in [0.4, 0.5) is 0 Å². The van der Waals surface area contributed by atoms with Gasteiger partial charge in [0.1, 0.15) is 6.04 Å². The molecular formula is C26H28N4O4S. The number of thioether (sulfide) groups is 1. The summed E-state index contributed by atoms with van der Waals surface area (Å²) in [6, 6.07) is 17.0. The van der Waals surface area contributed by atoms with E-state index in [9.17, 15) is 14.4 Å². The fourth-order valence-corrected chi connectivity index (χ4v) is 4.93. The third kappa shape index (κ3) is 6.10. The van der Waals surface area contributed by atoms with Crippen LogP contribution in [0.2, 0.25) is 0 Å². The topological polar surface area (TPSA) is 105 Å². The molecule has 182 valence electrons. The number of benzene rings is 2. The lowest BCUT2D eigenvalue weighted by atomic mass is 10.0. The highest BCUT2D eigenvalue weighted by atomic mass is 32.2. The molecule has 0 spiro atoms. The van der Waals surface area contributed by atoms with Crippen LogP contribution in [0.5, 0.6) is 0 Å². The van der Waals surface area contributed by atoms with Gasteiger partial charge >= 0.3 is 5.97 Å². The normalized spacial score (nSPS) is 14.9. The first kappa shape index (κ1) is 24.5. The number of fused-ring (bicyclic) bond motifs is 1. The fraction of sp³-hybridized carbons (Fsp3) is 0.308. The van der Waals surface area contributed by atoms with Crippen molar-refractivity contribution in [2.24, 2.45) is 0 Å². The number of nitrogens with zero attached hydrogens (tertiary/aromatic N) is 3. The molecule has 8 nitrogen and oxygen atoms in total. The molecule has 0 aliphatic carbocycles. The van der Waals surface area contributed by atoms with E-state index in [4.69, 9.17) is 5.11 Å². The molecule has 2 N–H and O–H groups in total. The monoisotopic (exact) mass is 492 g/mol. The second-order valence-corrected chi connectivity index (χ2v) is 9.52. The molecule has 1 atom stereocenters. The number of aliphatic carboxylic acids is 1. The van der Waals surface area contributed by atoms with Crippen molar-refractivity contribution < 1.29 is 19.5 Å². The summed E-state index contributed by atoms with van der Waals surface area (Å²) in [6.07, 6.45) is 1.88. The molecule has 1 aromatic heterocycles. The molecule has 35 heavy (non-hydrogen) atoms. The number of nitrogens with one attached hydrogen (secondary N) is 1. The maximum absolute atomic E-state index is 13.3. The Morgan fingerprint density at radius 2 is 1.86 bits per heavy atom. The number of hydrogen-bond donors (Lipinski definition) is 2. The Labute approximate surface area is 208 Å². The Morgan fingerprint density at radius 1 is 1.11 bits per heavy atom. The van der Waals surface area contributed by atoms with E-state index in [1.165, 1.54) is 22.9 Å². The number of hydrogen-bond acceptors (Lipinski definition) is 5. The van der Waals surface area contributed by atoms with E-state index < -0.39 is 12.0 Å².